The van der Waals surface area contributed by atoms with Crippen molar-refractivity contribution in [2.45, 2.75) is 45.1 Å². The molecule has 1 aliphatic heterocycles. The Kier molecular flexibility index (Phi) is 7.46. The summed E-state index contributed by atoms with van der Waals surface area (Å²) >= 11 is 0. The van der Waals surface area contributed by atoms with Crippen LogP contribution in [0.1, 0.15) is 45.4 Å². The minimum Gasteiger partial charge on any atom is -0.444 e. The highest BCUT2D eigenvalue weighted by Gasteiger charge is 2.31. The zero-order chi connectivity index (χ0) is 29.5. The number of oxazole rings is 1. The fourth-order valence-corrected chi connectivity index (χ4v) is 4.72. The van der Waals surface area contributed by atoms with Crippen molar-refractivity contribution in [3.63, 3.8) is 0 Å². The molecular weight excluding hydrogens is 542 g/mol. The number of carbonyl (C=O) groups excluding carboxylic acids is 1. The van der Waals surface area contributed by atoms with Crippen LogP contribution in [0.3, 0.4) is 0 Å². The lowest BCUT2D eigenvalue weighted by Crippen LogP contribution is -2.41. The van der Waals surface area contributed by atoms with Crippen LogP contribution in [0.25, 0.3) is 28.3 Å². The van der Waals surface area contributed by atoms with E-state index < -0.39 is 46.2 Å². The molecule has 11 heteroatoms. The third-order valence-electron chi connectivity index (χ3n) is 6.68. The third kappa shape index (κ3) is 5.89. The number of likely N-dealkylation sites (tertiary alicyclic amines) is 1. The average molecular weight is 570 g/mol. The van der Waals surface area contributed by atoms with Crippen molar-refractivity contribution in [1.29, 1.82) is 0 Å². The van der Waals surface area contributed by atoms with Gasteiger partial charge in [0.25, 0.3) is 5.56 Å². The quantitative estimate of drug-likeness (QED) is 0.252. The van der Waals surface area contributed by atoms with Gasteiger partial charge < -0.3 is 14.1 Å². The van der Waals surface area contributed by atoms with Gasteiger partial charge in [-0.1, -0.05) is 6.07 Å². The van der Waals surface area contributed by atoms with E-state index in [1.165, 1.54) is 24.4 Å². The number of hydrogen-bond donors (Lipinski definition) is 0. The molecule has 41 heavy (non-hydrogen) atoms. The average Bonchev–Trinajstić information content (AvgIpc) is 3.34. The van der Waals surface area contributed by atoms with Gasteiger partial charge in [0.2, 0.25) is 0 Å². The second kappa shape index (κ2) is 10.9. The number of halogens is 4. The molecule has 0 N–H and O–H groups in total. The molecule has 0 radical (unpaired) electrons. The van der Waals surface area contributed by atoms with E-state index in [9.17, 15) is 27.2 Å². The number of nitrogens with zero attached hydrogens (tertiary/aromatic N) is 3. The lowest BCUT2D eigenvalue weighted by Gasteiger charge is -2.32. The highest BCUT2D eigenvalue weighted by molar-refractivity contribution is 5.77. The van der Waals surface area contributed by atoms with Crippen LogP contribution in [-0.4, -0.2) is 39.2 Å². The molecule has 2 aromatic heterocycles. The van der Waals surface area contributed by atoms with Crippen molar-refractivity contribution in [2.75, 3.05) is 13.1 Å². The Balaban J connectivity index is 1.55. The topological polar surface area (TPSA) is 77.6 Å². The fraction of sp³-hybridized carbons (Fsp3) is 0.300. The molecule has 0 unspecified atom stereocenters. The second-order valence-electron chi connectivity index (χ2n) is 10.8. The molecule has 2 aromatic carbocycles. The van der Waals surface area contributed by atoms with Crippen LogP contribution in [-0.2, 0) is 4.74 Å². The summed E-state index contributed by atoms with van der Waals surface area (Å²) in [4.78, 5) is 31.3. The number of amides is 1. The third-order valence-corrected chi connectivity index (χ3v) is 6.68. The van der Waals surface area contributed by atoms with Crippen LogP contribution in [0.5, 0.6) is 0 Å². The molecule has 5 rings (SSSR count). The Hall–Kier alpha value is -4.41. The summed E-state index contributed by atoms with van der Waals surface area (Å²) in [5.74, 6) is -3.63. The number of hydrogen-bond acceptors (Lipinski definition) is 5. The van der Waals surface area contributed by atoms with Crippen molar-refractivity contribution in [3.05, 3.63) is 94.2 Å². The van der Waals surface area contributed by atoms with Crippen LogP contribution in [0.2, 0.25) is 0 Å². The second-order valence-corrected chi connectivity index (χ2v) is 10.8. The molecule has 7 nitrogen and oxygen atoms in total. The van der Waals surface area contributed by atoms with Crippen LogP contribution in [0.4, 0.5) is 22.4 Å². The summed E-state index contributed by atoms with van der Waals surface area (Å²) in [7, 11) is 0. The molecule has 0 spiro atoms. The Morgan fingerprint density at radius 1 is 0.976 bits per heavy atom. The van der Waals surface area contributed by atoms with E-state index in [0.717, 1.165) is 28.8 Å². The first-order valence-corrected chi connectivity index (χ1v) is 13.0. The smallest absolute Gasteiger partial charge is 0.410 e. The van der Waals surface area contributed by atoms with Gasteiger partial charge in [-0.15, -0.1) is 0 Å². The standard InChI is InChI=1S/C30H27F4N3O4/c1-30(2,3)41-29(39)36-13-11-17(12-14-36)28-35-25(27(40-28)20-9-8-19(31)15-23(20)34)18-7-10-24(38)37(16-18)26-21(32)5-4-6-22(26)33/h4-10,15-17H,11-14H2,1-3H3. The largest absolute Gasteiger partial charge is 0.444 e. The zero-order valence-electron chi connectivity index (χ0n) is 22.6. The molecule has 3 heterocycles. The van der Waals surface area contributed by atoms with Gasteiger partial charge >= 0.3 is 6.09 Å². The van der Waals surface area contributed by atoms with Gasteiger partial charge in [0.1, 0.15) is 40.3 Å². The van der Waals surface area contributed by atoms with Crippen molar-refractivity contribution < 1.29 is 31.5 Å². The lowest BCUT2D eigenvalue weighted by molar-refractivity contribution is 0.0199. The summed E-state index contributed by atoms with van der Waals surface area (Å²) in [5, 5.41) is 0. The first kappa shape index (κ1) is 28.1. The van der Waals surface area contributed by atoms with E-state index >= 15 is 0 Å². The maximum atomic E-state index is 14.9. The Morgan fingerprint density at radius 2 is 1.66 bits per heavy atom. The number of piperidine rings is 1. The highest BCUT2D eigenvalue weighted by Crippen LogP contribution is 2.38. The number of para-hydroxylation sites is 1. The molecule has 0 saturated carbocycles. The van der Waals surface area contributed by atoms with E-state index in [1.54, 1.807) is 25.7 Å². The van der Waals surface area contributed by atoms with Crippen LogP contribution in [0.15, 0.2) is 63.9 Å². The molecule has 1 saturated heterocycles. The molecule has 4 aromatic rings. The van der Waals surface area contributed by atoms with E-state index in [0.29, 0.717) is 32.0 Å². The number of benzene rings is 2. The van der Waals surface area contributed by atoms with Gasteiger partial charge in [0, 0.05) is 42.9 Å². The summed E-state index contributed by atoms with van der Waals surface area (Å²) in [6.45, 7) is 6.09. The monoisotopic (exact) mass is 569 g/mol. The maximum absolute atomic E-state index is 14.9. The van der Waals surface area contributed by atoms with Gasteiger partial charge in [0.15, 0.2) is 11.7 Å². The Bertz CT molecular complexity index is 1650. The van der Waals surface area contributed by atoms with E-state index in [-0.39, 0.29) is 34.4 Å². The van der Waals surface area contributed by atoms with Gasteiger partial charge in [-0.3, -0.25) is 9.36 Å². The van der Waals surface area contributed by atoms with Gasteiger partial charge in [-0.2, -0.15) is 0 Å². The summed E-state index contributed by atoms with van der Waals surface area (Å²) < 4.78 is 70.1. The van der Waals surface area contributed by atoms with Crippen molar-refractivity contribution >= 4 is 6.09 Å². The number of rotatable bonds is 4. The molecule has 1 aliphatic rings. The number of aromatic nitrogens is 2. The highest BCUT2D eigenvalue weighted by atomic mass is 19.1. The van der Waals surface area contributed by atoms with E-state index in [2.05, 4.69) is 4.98 Å². The minimum atomic E-state index is -0.952. The van der Waals surface area contributed by atoms with E-state index in [4.69, 9.17) is 9.15 Å². The first-order valence-electron chi connectivity index (χ1n) is 13.0. The molecule has 1 fully saturated rings. The van der Waals surface area contributed by atoms with Crippen molar-refractivity contribution in [1.82, 2.24) is 14.5 Å². The number of pyridine rings is 1. The summed E-state index contributed by atoms with van der Waals surface area (Å²) in [6.07, 6.45) is 1.72. The van der Waals surface area contributed by atoms with Crippen LogP contribution >= 0.6 is 0 Å². The van der Waals surface area contributed by atoms with Crippen molar-refractivity contribution in [3.8, 4) is 28.3 Å². The fourth-order valence-electron chi connectivity index (χ4n) is 4.72. The summed E-state index contributed by atoms with van der Waals surface area (Å²) in [6, 6.07) is 8.70. The van der Waals surface area contributed by atoms with Gasteiger partial charge in [-0.25, -0.2) is 27.3 Å². The van der Waals surface area contributed by atoms with Crippen molar-refractivity contribution in [2.24, 2.45) is 0 Å². The molecular formula is C30H27F4N3O4. The van der Waals surface area contributed by atoms with Crippen LogP contribution < -0.4 is 5.56 Å². The first-order chi connectivity index (χ1) is 19.4. The van der Waals surface area contributed by atoms with Gasteiger partial charge in [-0.05, 0) is 63.9 Å². The Labute approximate surface area is 233 Å². The van der Waals surface area contributed by atoms with Gasteiger partial charge in [0.05, 0.1) is 5.56 Å². The maximum Gasteiger partial charge on any atom is 0.410 e. The van der Waals surface area contributed by atoms with E-state index in [1.807, 2.05) is 0 Å². The zero-order valence-corrected chi connectivity index (χ0v) is 22.6. The predicted octanol–water partition coefficient (Wildman–Crippen LogP) is 6.83. The minimum absolute atomic E-state index is 0.0359. The molecule has 1 amide bonds. The normalized spacial score (nSPS) is 14.4. The number of carbonyl (C=O) groups is 1. The Morgan fingerprint density at radius 3 is 2.29 bits per heavy atom. The number of ether oxygens (including phenoxy) is 1. The summed E-state index contributed by atoms with van der Waals surface area (Å²) in [5.41, 5.74) is -1.68. The van der Waals surface area contributed by atoms with Crippen LogP contribution in [0, 0.1) is 23.3 Å². The predicted molar refractivity (Wildman–Crippen MR) is 143 cm³/mol. The lowest BCUT2D eigenvalue weighted by atomic mass is 9.97. The SMILES string of the molecule is CC(C)(C)OC(=O)N1CCC(c2nc(-c3ccc(=O)n(-c4c(F)cccc4F)c3)c(-c3ccc(F)cc3F)o2)CC1. The molecule has 0 aliphatic carbocycles. The molecule has 0 bridgehead atoms. The molecule has 214 valence electrons. The molecule has 0 atom stereocenters.